The Morgan fingerprint density at radius 1 is 0.963 bits per heavy atom. The zero-order valence-corrected chi connectivity index (χ0v) is 15.7. The molecular weight excluding hydrogens is 341 g/mol. The van der Waals surface area contributed by atoms with Crippen LogP contribution in [-0.4, -0.2) is 50.1 Å². The number of aryl methyl sites for hydroxylation is 1. The number of hydrogen-bond acceptors (Lipinski definition) is 3. The molecule has 0 radical (unpaired) electrons. The van der Waals surface area contributed by atoms with E-state index in [0.717, 1.165) is 45.6 Å². The molecule has 2 aromatic carbocycles. The van der Waals surface area contributed by atoms with Gasteiger partial charge in [-0.3, -0.25) is 9.69 Å². The van der Waals surface area contributed by atoms with E-state index in [4.69, 9.17) is 0 Å². The predicted octanol–water partition coefficient (Wildman–Crippen LogP) is 3.09. The number of para-hydroxylation sites is 1. The van der Waals surface area contributed by atoms with E-state index in [1.54, 1.807) is 6.07 Å². The molecule has 0 spiro atoms. The van der Waals surface area contributed by atoms with Gasteiger partial charge in [-0.05, 0) is 30.5 Å². The van der Waals surface area contributed by atoms with Gasteiger partial charge in [0.25, 0.3) is 0 Å². The zero-order chi connectivity index (χ0) is 18.9. The molecule has 0 aliphatic carbocycles. The van der Waals surface area contributed by atoms with Crippen molar-refractivity contribution in [3.8, 4) is 0 Å². The van der Waals surface area contributed by atoms with Crippen LogP contribution in [0.15, 0.2) is 54.6 Å². The Labute approximate surface area is 161 Å². The Kier molecular flexibility index (Phi) is 7.22. The van der Waals surface area contributed by atoms with Crippen LogP contribution in [0.1, 0.15) is 18.4 Å². The summed E-state index contributed by atoms with van der Waals surface area (Å²) < 4.78 is 13.9. The highest BCUT2D eigenvalue weighted by atomic mass is 19.1. The van der Waals surface area contributed by atoms with Gasteiger partial charge in [-0.2, -0.15) is 0 Å². The zero-order valence-electron chi connectivity index (χ0n) is 15.7. The van der Waals surface area contributed by atoms with Crippen molar-refractivity contribution in [3.05, 3.63) is 66.0 Å². The Morgan fingerprint density at radius 3 is 2.41 bits per heavy atom. The van der Waals surface area contributed by atoms with E-state index in [2.05, 4.69) is 27.2 Å². The molecule has 1 N–H and O–H groups in total. The summed E-state index contributed by atoms with van der Waals surface area (Å²) >= 11 is 0. The number of amides is 1. The number of anilines is 1. The smallest absolute Gasteiger partial charge is 0.220 e. The van der Waals surface area contributed by atoms with Gasteiger partial charge in [0.1, 0.15) is 5.82 Å². The molecule has 5 heteroatoms. The van der Waals surface area contributed by atoms with Crippen molar-refractivity contribution in [3.63, 3.8) is 0 Å². The highest BCUT2D eigenvalue weighted by Crippen LogP contribution is 2.19. The van der Waals surface area contributed by atoms with Crippen molar-refractivity contribution in [1.82, 2.24) is 10.2 Å². The number of carbonyl (C=O) groups excluding carboxylic acids is 1. The molecule has 1 aliphatic heterocycles. The van der Waals surface area contributed by atoms with Crippen LogP contribution in [0.4, 0.5) is 10.1 Å². The summed E-state index contributed by atoms with van der Waals surface area (Å²) in [6.45, 7) is 4.91. The van der Waals surface area contributed by atoms with Crippen molar-refractivity contribution in [1.29, 1.82) is 0 Å². The molecule has 1 fully saturated rings. The lowest BCUT2D eigenvalue weighted by molar-refractivity contribution is -0.121. The molecule has 4 nitrogen and oxygen atoms in total. The van der Waals surface area contributed by atoms with Crippen LogP contribution in [0.3, 0.4) is 0 Å². The lowest BCUT2D eigenvalue weighted by atomic mass is 10.1. The molecule has 1 heterocycles. The maximum atomic E-state index is 13.9. The van der Waals surface area contributed by atoms with E-state index in [1.807, 2.05) is 30.3 Å². The van der Waals surface area contributed by atoms with Gasteiger partial charge in [-0.25, -0.2) is 4.39 Å². The summed E-state index contributed by atoms with van der Waals surface area (Å²) in [6, 6.07) is 17.2. The van der Waals surface area contributed by atoms with Crippen molar-refractivity contribution in [2.24, 2.45) is 0 Å². The number of benzene rings is 2. The molecule has 0 atom stereocenters. The second kappa shape index (κ2) is 10.1. The molecular formula is C22H28FN3O. The third kappa shape index (κ3) is 6.07. The van der Waals surface area contributed by atoms with Gasteiger partial charge in [-0.15, -0.1) is 0 Å². The minimum absolute atomic E-state index is 0.121. The number of rotatable bonds is 8. The summed E-state index contributed by atoms with van der Waals surface area (Å²) in [6.07, 6.45) is 2.37. The van der Waals surface area contributed by atoms with Crippen LogP contribution < -0.4 is 10.2 Å². The average Bonchev–Trinajstić information content (AvgIpc) is 2.70. The molecule has 27 heavy (non-hydrogen) atoms. The maximum Gasteiger partial charge on any atom is 0.220 e. The van der Waals surface area contributed by atoms with Crippen LogP contribution in [0.25, 0.3) is 0 Å². The number of nitrogens with one attached hydrogen (secondary N) is 1. The quantitative estimate of drug-likeness (QED) is 0.777. The fourth-order valence-electron chi connectivity index (χ4n) is 3.46. The SMILES string of the molecule is O=C(CCCc1ccccc1)NCCN1CCN(c2ccccc2F)CC1. The fraction of sp³-hybridized carbons (Fsp3) is 0.409. The minimum Gasteiger partial charge on any atom is -0.367 e. The summed E-state index contributed by atoms with van der Waals surface area (Å²) in [5.74, 6) is -0.0374. The monoisotopic (exact) mass is 369 g/mol. The van der Waals surface area contributed by atoms with Gasteiger partial charge >= 0.3 is 0 Å². The van der Waals surface area contributed by atoms with Crippen LogP contribution in [0, 0.1) is 5.82 Å². The number of nitrogens with zero attached hydrogens (tertiary/aromatic N) is 2. The van der Waals surface area contributed by atoms with Gasteiger partial charge in [-0.1, -0.05) is 42.5 Å². The fourth-order valence-corrected chi connectivity index (χ4v) is 3.46. The van der Waals surface area contributed by atoms with Crippen LogP contribution in [0.2, 0.25) is 0 Å². The Balaban J connectivity index is 1.29. The summed E-state index contributed by atoms with van der Waals surface area (Å²) in [7, 11) is 0. The van der Waals surface area contributed by atoms with Crippen molar-refractivity contribution in [2.45, 2.75) is 19.3 Å². The molecule has 0 bridgehead atoms. The van der Waals surface area contributed by atoms with Gasteiger partial charge < -0.3 is 10.2 Å². The van der Waals surface area contributed by atoms with E-state index in [0.29, 0.717) is 18.7 Å². The first-order valence-electron chi connectivity index (χ1n) is 9.75. The number of halogens is 1. The second-order valence-corrected chi connectivity index (χ2v) is 6.97. The third-order valence-electron chi connectivity index (χ3n) is 5.03. The van der Waals surface area contributed by atoms with Crippen LogP contribution >= 0.6 is 0 Å². The van der Waals surface area contributed by atoms with E-state index >= 15 is 0 Å². The van der Waals surface area contributed by atoms with Crippen LogP contribution in [0.5, 0.6) is 0 Å². The topological polar surface area (TPSA) is 35.6 Å². The Bertz CT molecular complexity index is 715. The van der Waals surface area contributed by atoms with Gasteiger partial charge in [0.2, 0.25) is 5.91 Å². The third-order valence-corrected chi connectivity index (χ3v) is 5.03. The van der Waals surface area contributed by atoms with E-state index in [9.17, 15) is 9.18 Å². The summed E-state index contributed by atoms with van der Waals surface area (Å²) in [5.41, 5.74) is 1.96. The maximum absolute atomic E-state index is 13.9. The minimum atomic E-state index is -0.159. The molecule has 1 amide bonds. The number of carbonyl (C=O) groups is 1. The predicted molar refractivity (Wildman–Crippen MR) is 107 cm³/mol. The second-order valence-electron chi connectivity index (χ2n) is 6.97. The lowest BCUT2D eigenvalue weighted by Gasteiger charge is -2.36. The highest BCUT2D eigenvalue weighted by molar-refractivity contribution is 5.75. The number of hydrogen-bond donors (Lipinski definition) is 1. The Hall–Kier alpha value is -2.40. The van der Waals surface area contributed by atoms with E-state index < -0.39 is 0 Å². The molecule has 3 rings (SSSR count). The number of piperazine rings is 1. The van der Waals surface area contributed by atoms with Gasteiger partial charge in [0.15, 0.2) is 0 Å². The van der Waals surface area contributed by atoms with Crippen molar-refractivity contribution in [2.75, 3.05) is 44.2 Å². The van der Waals surface area contributed by atoms with E-state index in [-0.39, 0.29) is 11.7 Å². The highest BCUT2D eigenvalue weighted by Gasteiger charge is 2.18. The molecule has 1 saturated heterocycles. The lowest BCUT2D eigenvalue weighted by Crippen LogP contribution is -2.48. The summed E-state index contributed by atoms with van der Waals surface area (Å²) in [4.78, 5) is 16.4. The average molecular weight is 369 g/mol. The summed E-state index contributed by atoms with van der Waals surface area (Å²) in [5, 5.41) is 3.01. The Morgan fingerprint density at radius 2 is 1.67 bits per heavy atom. The molecule has 2 aromatic rings. The normalized spacial score (nSPS) is 14.9. The molecule has 0 aromatic heterocycles. The molecule has 1 aliphatic rings. The standard InChI is InChI=1S/C22H28FN3O/c23-20-10-4-5-11-21(20)26-17-15-25(16-18-26)14-13-24-22(27)12-6-9-19-7-2-1-3-8-19/h1-5,7-8,10-11H,6,9,12-18H2,(H,24,27). The van der Waals surface area contributed by atoms with Gasteiger partial charge in [0, 0.05) is 45.7 Å². The van der Waals surface area contributed by atoms with Crippen molar-refractivity contribution < 1.29 is 9.18 Å². The first-order valence-corrected chi connectivity index (χ1v) is 9.75. The molecule has 0 saturated carbocycles. The van der Waals surface area contributed by atoms with E-state index in [1.165, 1.54) is 11.6 Å². The first-order chi connectivity index (χ1) is 13.2. The molecule has 0 unspecified atom stereocenters. The van der Waals surface area contributed by atoms with Crippen molar-refractivity contribution >= 4 is 11.6 Å². The molecule has 144 valence electrons. The first kappa shape index (κ1) is 19.4. The van der Waals surface area contributed by atoms with Crippen LogP contribution in [-0.2, 0) is 11.2 Å². The largest absolute Gasteiger partial charge is 0.367 e. The van der Waals surface area contributed by atoms with Gasteiger partial charge in [0.05, 0.1) is 5.69 Å².